The Hall–Kier alpha value is -2.67. The van der Waals surface area contributed by atoms with E-state index in [1.54, 1.807) is 9.47 Å². The number of nitrogens with zero attached hydrogens (tertiary/aromatic N) is 3. The van der Waals surface area contributed by atoms with Gasteiger partial charge in [0, 0.05) is 24.9 Å². The van der Waals surface area contributed by atoms with Crippen LogP contribution in [0.5, 0.6) is 5.75 Å². The van der Waals surface area contributed by atoms with Gasteiger partial charge in [0.1, 0.15) is 5.82 Å². The summed E-state index contributed by atoms with van der Waals surface area (Å²) in [7, 11) is 0. The highest BCUT2D eigenvalue weighted by atomic mass is 16.5. The Bertz CT molecular complexity index is 995. The molecular formula is C22H25N3O4. The van der Waals surface area contributed by atoms with Gasteiger partial charge in [0.25, 0.3) is 5.91 Å². The molecule has 3 heterocycles. The van der Waals surface area contributed by atoms with Gasteiger partial charge >= 0.3 is 5.56 Å². The van der Waals surface area contributed by atoms with Crippen molar-refractivity contribution in [3.63, 3.8) is 0 Å². The summed E-state index contributed by atoms with van der Waals surface area (Å²) >= 11 is 0. The highest BCUT2D eigenvalue weighted by molar-refractivity contribution is 5.96. The zero-order valence-corrected chi connectivity index (χ0v) is 16.3. The van der Waals surface area contributed by atoms with Crippen molar-refractivity contribution < 1.29 is 14.6 Å². The fraction of sp³-hybridized carbons (Fsp3) is 0.500. The molecule has 0 spiro atoms. The third-order valence-corrected chi connectivity index (χ3v) is 6.77. The topological polar surface area (TPSA) is 84.7 Å². The Morgan fingerprint density at radius 1 is 1.17 bits per heavy atom. The second-order valence-corrected chi connectivity index (χ2v) is 8.40. The highest BCUT2D eigenvalue weighted by Crippen LogP contribution is 2.43. The summed E-state index contributed by atoms with van der Waals surface area (Å²) in [6.07, 6.45) is 4.90. The van der Waals surface area contributed by atoms with Gasteiger partial charge in [-0.1, -0.05) is 43.2 Å². The quantitative estimate of drug-likeness (QED) is 0.858. The SMILES string of the molecule is O=C1c2c(O)c(=O)nc(CC3(c4ccccc4)CCCC3)n2CC2COCCN12. The van der Waals surface area contributed by atoms with E-state index in [2.05, 4.69) is 17.1 Å². The van der Waals surface area contributed by atoms with Crippen LogP contribution in [0.3, 0.4) is 0 Å². The van der Waals surface area contributed by atoms with Gasteiger partial charge in [-0.15, -0.1) is 0 Å². The van der Waals surface area contributed by atoms with Crippen molar-refractivity contribution in [1.29, 1.82) is 0 Å². The van der Waals surface area contributed by atoms with Crippen molar-refractivity contribution in [2.24, 2.45) is 0 Å². The maximum Gasteiger partial charge on any atom is 0.315 e. The van der Waals surface area contributed by atoms with Crippen LogP contribution in [0.15, 0.2) is 35.1 Å². The highest BCUT2D eigenvalue weighted by Gasteiger charge is 2.41. The number of ether oxygens (including phenoxy) is 1. The van der Waals surface area contributed by atoms with E-state index in [1.165, 1.54) is 5.56 Å². The Morgan fingerprint density at radius 3 is 2.69 bits per heavy atom. The Balaban J connectivity index is 1.61. The smallest absolute Gasteiger partial charge is 0.315 e. The molecule has 1 N–H and O–H groups in total. The number of aromatic hydroxyl groups is 1. The summed E-state index contributed by atoms with van der Waals surface area (Å²) < 4.78 is 7.34. The number of hydrogen-bond donors (Lipinski definition) is 1. The second kappa shape index (κ2) is 6.99. The van der Waals surface area contributed by atoms with Gasteiger partial charge in [0.05, 0.1) is 19.3 Å². The van der Waals surface area contributed by atoms with Crippen molar-refractivity contribution in [3.05, 3.63) is 57.8 Å². The Morgan fingerprint density at radius 2 is 1.93 bits per heavy atom. The maximum absolute atomic E-state index is 13.1. The van der Waals surface area contributed by atoms with Gasteiger partial charge in [-0.25, -0.2) is 0 Å². The van der Waals surface area contributed by atoms with Gasteiger partial charge in [-0.3, -0.25) is 9.59 Å². The van der Waals surface area contributed by atoms with Crippen molar-refractivity contribution in [2.75, 3.05) is 19.8 Å². The average Bonchev–Trinajstić information content (AvgIpc) is 3.22. The fourth-order valence-electron chi connectivity index (χ4n) is 5.27. The van der Waals surface area contributed by atoms with Crippen LogP contribution in [0.2, 0.25) is 0 Å². The van der Waals surface area contributed by atoms with E-state index in [4.69, 9.17) is 4.74 Å². The number of morpholine rings is 1. The first-order chi connectivity index (χ1) is 14.1. The number of hydrogen-bond acceptors (Lipinski definition) is 5. The van der Waals surface area contributed by atoms with Gasteiger partial charge in [-0.05, 0) is 18.4 Å². The summed E-state index contributed by atoms with van der Waals surface area (Å²) in [5, 5.41) is 10.4. The molecule has 0 radical (unpaired) electrons. The van der Waals surface area contributed by atoms with Crippen LogP contribution in [-0.2, 0) is 23.1 Å². The summed E-state index contributed by atoms with van der Waals surface area (Å²) in [4.78, 5) is 31.5. The van der Waals surface area contributed by atoms with E-state index in [0.717, 1.165) is 25.7 Å². The predicted molar refractivity (Wildman–Crippen MR) is 106 cm³/mol. The number of rotatable bonds is 3. The third kappa shape index (κ3) is 2.95. The van der Waals surface area contributed by atoms with Crippen molar-refractivity contribution in [3.8, 4) is 5.75 Å². The average molecular weight is 395 g/mol. The normalized spacial score (nSPS) is 23.0. The molecule has 1 saturated carbocycles. The number of carbonyl (C=O) groups excluding carboxylic acids is 1. The zero-order valence-electron chi connectivity index (χ0n) is 16.3. The van der Waals surface area contributed by atoms with E-state index >= 15 is 0 Å². The van der Waals surface area contributed by atoms with E-state index in [0.29, 0.717) is 38.5 Å². The first-order valence-electron chi connectivity index (χ1n) is 10.4. The Labute approximate surface area is 168 Å². The molecule has 3 aliphatic rings. The zero-order chi connectivity index (χ0) is 20.0. The first-order valence-corrected chi connectivity index (χ1v) is 10.4. The second-order valence-electron chi connectivity index (χ2n) is 8.40. The standard InChI is InChI=1S/C22H25N3O4/c26-19-18-21(28)24-10-11-29-14-16(24)13-25(18)17(23-20(19)27)12-22(8-4-5-9-22)15-6-2-1-3-7-15/h1-3,6-7,16,26H,4-5,8-14H2. The molecule has 1 aromatic heterocycles. The molecular weight excluding hydrogens is 370 g/mol. The molecule has 2 aromatic rings. The van der Waals surface area contributed by atoms with Crippen LogP contribution in [0.1, 0.15) is 47.6 Å². The lowest BCUT2D eigenvalue weighted by Gasteiger charge is -2.41. The van der Waals surface area contributed by atoms with E-state index < -0.39 is 11.3 Å². The minimum atomic E-state index is -0.715. The molecule has 5 rings (SSSR count). The molecule has 1 amide bonds. The molecule has 1 atom stereocenters. The van der Waals surface area contributed by atoms with Crippen molar-refractivity contribution in [1.82, 2.24) is 14.5 Å². The van der Waals surface area contributed by atoms with Crippen molar-refractivity contribution >= 4 is 5.91 Å². The summed E-state index contributed by atoms with van der Waals surface area (Å²) in [6, 6.07) is 10.3. The van der Waals surface area contributed by atoms with Gasteiger partial charge in [0.2, 0.25) is 5.75 Å². The van der Waals surface area contributed by atoms with Crippen LogP contribution in [0.25, 0.3) is 0 Å². The monoisotopic (exact) mass is 395 g/mol. The Kier molecular flexibility index (Phi) is 4.42. The lowest BCUT2D eigenvalue weighted by Crippen LogP contribution is -2.55. The minimum Gasteiger partial charge on any atom is -0.501 e. The molecule has 1 aromatic carbocycles. The molecule has 29 heavy (non-hydrogen) atoms. The molecule has 152 valence electrons. The summed E-state index contributed by atoms with van der Waals surface area (Å²) in [5.74, 6) is -0.251. The van der Waals surface area contributed by atoms with Gasteiger partial charge in [-0.2, -0.15) is 4.98 Å². The molecule has 1 saturated heterocycles. The van der Waals surface area contributed by atoms with Crippen LogP contribution in [0, 0.1) is 0 Å². The number of aromatic nitrogens is 2. The number of carbonyl (C=O) groups is 1. The summed E-state index contributed by atoms with van der Waals surface area (Å²) in [5.41, 5.74) is 0.521. The fourth-order valence-corrected chi connectivity index (χ4v) is 5.27. The van der Waals surface area contributed by atoms with Crippen molar-refractivity contribution in [2.45, 2.75) is 50.1 Å². The molecule has 7 nitrogen and oxygen atoms in total. The number of benzene rings is 1. The van der Waals surface area contributed by atoms with Gasteiger partial charge in [0.15, 0.2) is 5.69 Å². The lowest BCUT2D eigenvalue weighted by atomic mass is 9.76. The van der Waals surface area contributed by atoms with E-state index in [9.17, 15) is 14.7 Å². The molecule has 2 aliphatic heterocycles. The molecule has 0 bridgehead atoms. The van der Waals surface area contributed by atoms with Crippen LogP contribution >= 0.6 is 0 Å². The molecule has 2 fully saturated rings. The molecule has 1 aliphatic carbocycles. The largest absolute Gasteiger partial charge is 0.501 e. The maximum atomic E-state index is 13.1. The van der Waals surface area contributed by atoms with Crippen LogP contribution in [0.4, 0.5) is 0 Å². The molecule has 1 unspecified atom stereocenters. The number of amides is 1. The third-order valence-electron chi connectivity index (χ3n) is 6.77. The first kappa shape index (κ1) is 18.4. The summed E-state index contributed by atoms with van der Waals surface area (Å²) in [6.45, 7) is 1.90. The number of fused-ring (bicyclic) bond motifs is 2. The van der Waals surface area contributed by atoms with E-state index in [-0.39, 0.29) is 23.1 Å². The van der Waals surface area contributed by atoms with Crippen LogP contribution in [-0.4, -0.2) is 51.3 Å². The van der Waals surface area contributed by atoms with E-state index in [1.807, 2.05) is 18.2 Å². The predicted octanol–water partition coefficient (Wildman–Crippen LogP) is 1.86. The van der Waals surface area contributed by atoms with Crippen LogP contribution < -0.4 is 5.56 Å². The minimum absolute atomic E-state index is 0.0827. The lowest BCUT2D eigenvalue weighted by molar-refractivity contribution is -0.0147. The van der Waals surface area contributed by atoms with Gasteiger partial charge < -0.3 is 19.3 Å². The molecule has 7 heteroatoms.